The molecule has 0 radical (unpaired) electrons. The van der Waals surface area contributed by atoms with Gasteiger partial charge in [0.05, 0.1) is 11.9 Å². The second-order valence-electron chi connectivity index (χ2n) is 4.47. The van der Waals surface area contributed by atoms with Crippen LogP contribution < -0.4 is 0 Å². The fraction of sp³-hybridized carbons (Fsp3) is 0.500. The van der Waals surface area contributed by atoms with E-state index in [4.69, 9.17) is 15.4 Å². The normalized spacial score (nSPS) is 25.0. The molecule has 2 unspecified atom stereocenters. The molecule has 0 bridgehead atoms. The van der Waals surface area contributed by atoms with Gasteiger partial charge in [-0.2, -0.15) is 0 Å². The van der Waals surface area contributed by atoms with Crippen LogP contribution in [-0.4, -0.2) is 26.9 Å². The van der Waals surface area contributed by atoms with E-state index < -0.39 is 14.3 Å². The van der Waals surface area contributed by atoms with Gasteiger partial charge in [-0.05, 0) is 30.5 Å². The molecule has 18 heavy (non-hydrogen) atoms. The van der Waals surface area contributed by atoms with Crippen LogP contribution in [0.1, 0.15) is 12.0 Å². The van der Waals surface area contributed by atoms with Crippen LogP contribution in [0.4, 0.5) is 0 Å². The summed E-state index contributed by atoms with van der Waals surface area (Å²) in [6.07, 6.45) is 1.15. The topological polar surface area (TPSA) is 43.4 Å². The van der Waals surface area contributed by atoms with Crippen LogP contribution in [0.15, 0.2) is 28.7 Å². The molecule has 3 nitrogen and oxygen atoms in total. The summed E-state index contributed by atoms with van der Waals surface area (Å²) in [6, 6.07) is 7.86. The summed E-state index contributed by atoms with van der Waals surface area (Å²) >= 11 is 3.37. The van der Waals surface area contributed by atoms with Crippen LogP contribution in [0.25, 0.3) is 0 Å². The molecule has 1 fully saturated rings. The molecule has 0 N–H and O–H groups in total. The first kappa shape index (κ1) is 14.3. The van der Waals surface area contributed by atoms with Crippen LogP contribution in [0.3, 0.4) is 0 Å². The number of halogens is 2. The molecule has 0 spiro atoms. The molecule has 1 aliphatic heterocycles. The van der Waals surface area contributed by atoms with E-state index in [9.17, 15) is 8.42 Å². The summed E-state index contributed by atoms with van der Waals surface area (Å²) in [5.74, 6) is -0.0672. The van der Waals surface area contributed by atoms with Gasteiger partial charge in [-0.25, -0.2) is 8.42 Å². The third kappa shape index (κ3) is 3.70. The van der Waals surface area contributed by atoms with E-state index in [0.717, 1.165) is 10.0 Å². The lowest BCUT2D eigenvalue weighted by molar-refractivity contribution is 0.0577. The van der Waals surface area contributed by atoms with Gasteiger partial charge in [0, 0.05) is 27.7 Å². The van der Waals surface area contributed by atoms with E-state index in [1.54, 1.807) is 0 Å². The van der Waals surface area contributed by atoms with Crippen molar-refractivity contribution >= 4 is 35.7 Å². The zero-order valence-electron chi connectivity index (χ0n) is 9.68. The quantitative estimate of drug-likeness (QED) is 0.785. The smallest absolute Gasteiger partial charge is 0.235 e. The van der Waals surface area contributed by atoms with Crippen molar-refractivity contribution in [3.63, 3.8) is 0 Å². The summed E-state index contributed by atoms with van der Waals surface area (Å²) in [5.41, 5.74) is 1.10. The lowest BCUT2D eigenvalue weighted by atomic mass is 9.94. The van der Waals surface area contributed by atoms with Gasteiger partial charge in [0.15, 0.2) is 0 Å². The fourth-order valence-corrected chi connectivity index (χ4v) is 4.24. The number of hydrogen-bond acceptors (Lipinski definition) is 3. The first-order chi connectivity index (χ1) is 8.47. The van der Waals surface area contributed by atoms with E-state index in [1.165, 1.54) is 0 Å². The number of rotatable bonds is 3. The second kappa shape index (κ2) is 5.90. The van der Waals surface area contributed by atoms with Crippen LogP contribution in [-0.2, 0) is 20.2 Å². The Bertz CT molecular complexity index is 501. The maximum absolute atomic E-state index is 11.5. The Labute approximate surface area is 120 Å². The highest BCUT2D eigenvalue weighted by atomic mass is 79.9. The molecule has 0 aromatic heterocycles. The number of hydrogen-bond donors (Lipinski definition) is 0. The molecular weight excluding hydrogens is 340 g/mol. The van der Waals surface area contributed by atoms with Gasteiger partial charge in [-0.1, -0.05) is 28.1 Å². The van der Waals surface area contributed by atoms with Gasteiger partial charge in [0.1, 0.15) is 0 Å². The van der Waals surface area contributed by atoms with E-state index in [2.05, 4.69) is 15.9 Å². The van der Waals surface area contributed by atoms with Gasteiger partial charge < -0.3 is 4.74 Å². The Balaban J connectivity index is 2.13. The van der Waals surface area contributed by atoms with Crippen LogP contribution in [0, 0.1) is 5.92 Å². The summed E-state index contributed by atoms with van der Waals surface area (Å²) in [5, 5.41) is -0.503. The first-order valence-electron chi connectivity index (χ1n) is 5.72. The SMILES string of the molecule is O=S(=O)(Cl)C1CCOCC1Cc1ccc(Br)cc1. The van der Waals surface area contributed by atoms with Crippen molar-refractivity contribution in [2.75, 3.05) is 13.2 Å². The molecule has 6 heteroatoms. The standard InChI is InChI=1S/C12H14BrClO3S/c13-11-3-1-9(2-4-11)7-10-8-17-6-5-12(10)18(14,15)16/h1-4,10,12H,5-8H2. The van der Waals surface area contributed by atoms with Crippen molar-refractivity contribution in [3.8, 4) is 0 Å². The summed E-state index contributed by atoms with van der Waals surface area (Å²) in [4.78, 5) is 0. The second-order valence-corrected chi connectivity index (χ2v) is 8.23. The van der Waals surface area contributed by atoms with Crippen LogP contribution in [0.2, 0.25) is 0 Å². The average Bonchev–Trinajstić information content (AvgIpc) is 2.31. The monoisotopic (exact) mass is 352 g/mol. The zero-order valence-corrected chi connectivity index (χ0v) is 12.8. The molecule has 0 aliphatic carbocycles. The maximum atomic E-state index is 11.5. The number of ether oxygens (including phenoxy) is 1. The highest BCUT2D eigenvalue weighted by Gasteiger charge is 2.34. The van der Waals surface area contributed by atoms with Gasteiger partial charge >= 0.3 is 0 Å². The minimum atomic E-state index is -3.52. The molecule has 2 atom stereocenters. The molecule has 100 valence electrons. The molecule has 1 aliphatic rings. The zero-order chi connectivity index (χ0) is 13.2. The Morgan fingerprint density at radius 3 is 2.61 bits per heavy atom. The van der Waals surface area contributed by atoms with E-state index in [1.807, 2.05) is 24.3 Å². The van der Waals surface area contributed by atoms with Crippen molar-refractivity contribution in [1.29, 1.82) is 0 Å². The van der Waals surface area contributed by atoms with Crippen molar-refractivity contribution < 1.29 is 13.2 Å². The predicted molar refractivity (Wildman–Crippen MR) is 75.3 cm³/mol. The fourth-order valence-electron chi connectivity index (χ4n) is 2.26. The largest absolute Gasteiger partial charge is 0.381 e. The highest BCUT2D eigenvalue weighted by Crippen LogP contribution is 2.28. The Kier molecular flexibility index (Phi) is 4.69. The van der Waals surface area contributed by atoms with Crippen molar-refractivity contribution in [2.24, 2.45) is 5.92 Å². The molecular formula is C12H14BrClO3S. The molecule has 1 aromatic rings. The third-order valence-electron chi connectivity index (χ3n) is 3.18. The first-order valence-corrected chi connectivity index (χ1v) is 8.89. The van der Waals surface area contributed by atoms with Gasteiger partial charge in [0.25, 0.3) is 0 Å². The van der Waals surface area contributed by atoms with Gasteiger partial charge in [0.2, 0.25) is 9.05 Å². The lowest BCUT2D eigenvalue weighted by Gasteiger charge is -2.29. The minimum absolute atomic E-state index is 0.0672. The lowest BCUT2D eigenvalue weighted by Crippen LogP contribution is -2.37. The molecule has 0 amide bonds. The summed E-state index contributed by atoms with van der Waals surface area (Å²) in [7, 11) is 1.99. The van der Waals surface area contributed by atoms with E-state index >= 15 is 0 Å². The number of benzene rings is 1. The Hall–Kier alpha value is -0.100. The molecule has 1 saturated heterocycles. The van der Waals surface area contributed by atoms with Crippen molar-refractivity contribution in [3.05, 3.63) is 34.3 Å². The van der Waals surface area contributed by atoms with Gasteiger partial charge in [-0.15, -0.1) is 0 Å². The predicted octanol–water partition coefficient (Wildman–Crippen LogP) is 2.97. The van der Waals surface area contributed by atoms with E-state index in [0.29, 0.717) is 26.1 Å². The molecule has 1 heterocycles. The molecule has 1 aromatic carbocycles. The maximum Gasteiger partial charge on any atom is 0.235 e. The summed E-state index contributed by atoms with van der Waals surface area (Å²) < 4.78 is 29.5. The molecule has 0 saturated carbocycles. The van der Waals surface area contributed by atoms with Crippen LogP contribution >= 0.6 is 26.6 Å². The van der Waals surface area contributed by atoms with Crippen molar-refractivity contribution in [1.82, 2.24) is 0 Å². The average molecular weight is 354 g/mol. The van der Waals surface area contributed by atoms with E-state index in [-0.39, 0.29) is 5.92 Å². The highest BCUT2D eigenvalue weighted by molar-refractivity contribution is 9.10. The van der Waals surface area contributed by atoms with Crippen molar-refractivity contribution in [2.45, 2.75) is 18.1 Å². The third-order valence-corrected chi connectivity index (χ3v) is 5.74. The van der Waals surface area contributed by atoms with Gasteiger partial charge in [-0.3, -0.25) is 0 Å². The van der Waals surface area contributed by atoms with Crippen LogP contribution in [0.5, 0.6) is 0 Å². The minimum Gasteiger partial charge on any atom is -0.381 e. The Morgan fingerprint density at radius 2 is 2.00 bits per heavy atom. The Morgan fingerprint density at radius 1 is 1.33 bits per heavy atom. The summed E-state index contributed by atoms with van der Waals surface area (Å²) in [6.45, 7) is 0.917. The molecule has 2 rings (SSSR count).